The molecule has 0 aliphatic heterocycles. The van der Waals surface area contributed by atoms with Gasteiger partial charge in [0.15, 0.2) is 0 Å². The van der Waals surface area contributed by atoms with E-state index < -0.39 is 17.7 Å². The Hall–Kier alpha value is -2.47. The van der Waals surface area contributed by atoms with Crippen LogP contribution >= 0.6 is 0 Å². The van der Waals surface area contributed by atoms with Crippen LogP contribution in [0.3, 0.4) is 0 Å². The predicted molar refractivity (Wildman–Crippen MR) is 82.3 cm³/mol. The molecule has 0 fully saturated rings. The first kappa shape index (κ1) is 16.9. The quantitative estimate of drug-likeness (QED) is 0.921. The molecule has 0 spiro atoms. The molecule has 23 heavy (non-hydrogen) atoms. The normalized spacial score (nSPS) is 11.9. The molecule has 1 unspecified atom stereocenters. The number of aliphatic hydroxyl groups excluding tert-OH is 1. The highest BCUT2D eigenvalue weighted by Gasteiger charge is 2.14. The van der Waals surface area contributed by atoms with E-state index in [2.05, 4.69) is 0 Å². The van der Waals surface area contributed by atoms with Crippen LogP contribution in [0.4, 0.5) is 14.5 Å². The molecule has 0 bridgehead atoms. The highest BCUT2D eigenvalue weighted by molar-refractivity contribution is 5.90. The van der Waals surface area contributed by atoms with Crippen molar-refractivity contribution in [1.82, 2.24) is 0 Å². The third-order valence-electron chi connectivity index (χ3n) is 3.43. The summed E-state index contributed by atoms with van der Waals surface area (Å²) in [5.41, 5.74) is 0.675. The molecule has 1 N–H and O–H groups in total. The third kappa shape index (κ3) is 4.26. The van der Waals surface area contributed by atoms with E-state index in [9.17, 15) is 18.7 Å². The van der Waals surface area contributed by atoms with Gasteiger partial charge < -0.3 is 14.7 Å². The molecule has 2 rings (SSSR count). The minimum absolute atomic E-state index is 0.0284. The summed E-state index contributed by atoms with van der Waals surface area (Å²) in [5, 5.41) is 9.93. The first-order valence-corrected chi connectivity index (χ1v) is 6.98. The van der Waals surface area contributed by atoms with E-state index in [1.807, 2.05) is 0 Å². The van der Waals surface area contributed by atoms with Gasteiger partial charge in [-0.05, 0) is 30.3 Å². The van der Waals surface area contributed by atoms with Gasteiger partial charge in [-0.2, -0.15) is 0 Å². The van der Waals surface area contributed by atoms with Crippen LogP contribution in [0.15, 0.2) is 42.5 Å². The van der Waals surface area contributed by atoms with Crippen molar-refractivity contribution in [3.8, 4) is 5.75 Å². The van der Waals surface area contributed by atoms with Gasteiger partial charge in [0.2, 0.25) is 5.91 Å². The van der Waals surface area contributed by atoms with Gasteiger partial charge in [0.05, 0.1) is 0 Å². The largest absolute Gasteiger partial charge is 0.491 e. The fraction of sp³-hybridized carbons (Fsp3) is 0.235. The van der Waals surface area contributed by atoms with E-state index in [0.717, 1.165) is 6.07 Å². The number of nitrogens with zero attached hydrogens (tertiary/aromatic N) is 1. The maximum absolute atomic E-state index is 13.6. The van der Waals surface area contributed by atoms with Crippen LogP contribution in [-0.4, -0.2) is 24.7 Å². The fourth-order valence-electron chi connectivity index (χ4n) is 1.98. The van der Waals surface area contributed by atoms with Crippen LogP contribution in [-0.2, 0) is 4.79 Å². The number of aliphatic hydroxyl groups is 1. The van der Waals surface area contributed by atoms with Gasteiger partial charge >= 0.3 is 0 Å². The molecule has 0 radical (unpaired) electrons. The van der Waals surface area contributed by atoms with Crippen molar-refractivity contribution in [3.63, 3.8) is 0 Å². The van der Waals surface area contributed by atoms with Crippen LogP contribution in [0, 0.1) is 11.6 Å². The van der Waals surface area contributed by atoms with Crippen molar-refractivity contribution < 1.29 is 23.4 Å². The lowest BCUT2D eigenvalue weighted by Gasteiger charge is -2.16. The minimum Gasteiger partial charge on any atom is -0.491 e. The lowest BCUT2D eigenvalue weighted by molar-refractivity contribution is -0.116. The second-order valence-corrected chi connectivity index (χ2v) is 5.06. The monoisotopic (exact) mass is 321 g/mol. The number of rotatable bonds is 5. The number of carbonyl (C=O) groups is 1. The zero-order valence-corrected chi connectivity index (χ0v) is 12.8. The summed E-state index contributed by atoms with van der Waals surface area (Å²) in [5.74, 6) is -1.16. The fourth-order valence-corrected chi connectivity index (χ4v) is 1.98. The molecular formula is C17H17F2NO3. The van der Waals surface area contributed by atoms with Gasteiger partial charge in [-0.1, -0.05) is 6.07 Å². The Labute approximate surface area is 132 Å². The van der Waals surface area contributed by atoms with Gasteiger partial charge in [0, 0.05) is 31.3 Å². The molecule has 4 nitrogen and oxygen atoms in total. The van der Waals surface area contributed by atoms with Crippen molar-refractivity contribution in [2.45, 2.75) is 13.0 Å². The van der Waals surface area contributed by atoms with E-state index in [1.54, 1.807) is 31.3 Å². The van der Waals surface area contributed by atoms with Crippen LogP contribution in [0.25, 0.3) is 0 Å². The summed E-state index contributed by atoms with van der Waals surface area (Å²) in [6.45, 7) is 1.28. The first-order chi connectivity index (χ1) is 10.9. The summed E-state index contributed by atoms with van der Waals surface area (Å²) in [4.78, 5) is 12.7. The Kier molecular flexibility index (Phi) is 5.28. The molecule has 1 amide bonds. The molecule has 0 aromatic heterocycles. The maximum Gasteiger partial charge on any atom is 0.223 e. The molecule has 1 atom stereocenters. The molecule has 122 valence electrons. The van der Waals surface area contributed by atoms with Gasteiger partial charge in [-0.25, -0.2) is 8.78 Å². The zero-order chi connectivity index (χ0) is 17.0. The topological polar surface area (TPSA) is 49.8 Å². The Morgan fingerprint density at radius 2 is 1.87 bits per heavy atom. The highest BCUT2D eigenvalue weighted by atomic mass is 19.1. The third-order valence-corrected chi connectivity index (χ3v) is 3.43. The molecule has 0 aliphatic carbocycles. The smallest absolute Gasteiger partial charge is 0.223 e. The van der Waals surface area contributed by atoms with Crippen molar-refractivity contribution in [1.29, 1.82) is 0 Å². The number of benzene rings is 2. The van der Waals surface area contributed by atoms with Gasteiger partial charge in [0.1, 0.15) is 30.1 Å². The predicted octanol–water partition coefficient (Wildman–Crippen LogP) is 3.06. The summed E-state index contributed by atoms with van der Waals surface area (Å²) >= 11 is 0. The van der Waals surface area contributed by atoms with E-state index in [-0.39, 0.29) is 18.1 Å². The molecular weight excluding hydrogens is 304 g/mol. The summed E-state index contributed by atoms with van der Waals surface area (Å²) in [6.07, 6.45) is -1.21. The zero-order valence-electron chi connectivity index (χ0n) is 12.8. The average Bonchev–Trinajstić information content (AvgIpc) is 2.52. The molecule has 0 heterocycles. The summed E-state index contributed by atoms with van der Waals surface area (Å²) in [6, 6.07) is 9.65. The number of amides is 1. The molecule has 0 aliphatic rings. The second-order valence-electron chi connectivity index (χ2n) is 5.06. The van der Waals surface area contributed by atoms with Gasteiger partial charge in [0.25, 0.3) is 0 Å². The molecule has 6 heteroatoms. The SMILES string of the molecule is CC(=O)N(C)c1ccc(OCC(O)c2ccc(F)cc2F)cc1. The first-order valence-electron chi connectivity index (χ1n) is 6.98. The molecule has 2 aromatic rings. The Bertz CT molecular complexity index is 689. The van der Waals surface area contributed by atoms with E-state index in [4.69, 9.17) is 4.74 Å². The van der Waals surface area contributed by atoms with E-state index in [0.29, 0.717) is 17.5 Å². The van der Waals surface area contributed by atoms with Crippen LogP contribution in [0.1, 0.15) is 18.6 Å². The molecule has 2 aromatic carbocycles. The van der Waals surface area contributed by atoms with Gasteiger partial charge in [-0.3, -0.25) is 4.79 Å². The van der Waals surface area contributed by atoms with Crippen LogP contribution < -0.4 is 9.64 Å². The molecule has 0 saturated heterocycles. The average molecular weight is 321 g/mol. The van der Waals surface area contributed by atoms with Crippen molar-refractivity contribution >= 4 is 11.6 Å². The van der Waals surface area contributed by atoms with Crippen molar-refractivity contribution in [2.24, 2.45) is 0 Å². The van der Waals surface area contributed by atoms with Crippen molar-refractivity contribution in [2.75, 3.05) is 18.6 Å². The summed E-state index contributed by atoms with van der Waals surface area (Å²) < 4.78 is 31.8. The summed E-state index contributed by atoms with van der Waals surface area (Å²) in [7, 11) is 1.65. The number of hydrogen-bond acceptors (Lipinski definition) is 3. The maximum atomic E-state index is 13.6. The molecule has 0 saturated carbocycles. The Morgan fingerprint density at radius 3 is 2.43 bits per heavy atom. The Balaban J connectivity index is 1.99. The van der Waals surface area contributed by atoms with Gasteiger partial charge in [-0.15, -0.1) is 0 Å². The number of carbonyl (C=O) groups excluding carboxylic acids is 1. The Morgan fingerprint density at radius 1 is 1.22 bits per heavy atom. The highest BCUT2D eigenvalue weighted by Crippen LogP contribution is 2.22. The van der Waals surface area contributed by atoms with E-state index >= 15 is 0 Å². The second kappa shape index (κ2) is 7.19. The number of halogens is 2. The lowest BCUT2D eigenvalue weighted by atomic mass is 10.1. The van der Waals surface area contributed by atoms with E-state index in [1.165, 1.54) is 17.9 Å². The minimum atomic E-state index is -1.21. The van der Waals surface area contributed by atoms with Crippen molar-refractivity contribution in [3.05, 3.63) is 59.7 Å². The van der Waals surface area contributed by atoms with Crippen LogP contribution in [0.5, 0.6) is 5.75 Å². The lowest BCUT2D eigenvalue weighted by Crippen LogP contribution is -2.22. The number of ether oxygens (including phenoxy) is 1. The number of hydrogen-bond donors (Lipinski definition) is 1. The standard InChI is InChI=1S/C17H17F2NO3/c1-11(21)20(2)13-4-6-14(7-5-13)23-10-17(22)15-8-3-12(18)9-16(15)19/h3-9,17,22H,10H2,1-2H3. The number of anilines is 1. The van der Waals surface area contributed by atoms with Crippen LogP contribution in [0.2, 0.25) is 0 Å².